The molecule has 1 unspecified atom stereocenters. The van der Waals surface area contributed by atoms with Crippen LogP contribution >= 0.6 is 0 Å². The molecule has 124 valence electrons. The molecule has 3 heteroatoms. The summed E-state index contributed by atoms with van der Waals surface area (Å²) in [5.74, 6) is 1.08. The van der Waals surface area contributed by atoms with Gasteiger partial charge in [-0.3, -0.25) is 0 Å². The van der Waals surface area contributed by atoms with Crippen LogP contribution in [-0.2, 0) is 0 Å². The van der Waals surface area contributed by atoms with Crippen LogP contribution in [0.2, 0.25) is 0 Å². The van der Waals surface area contributed by atoms with Gasteiger partial charge in [0.2, 0.25) is 0 Å². The van der Waals surface area contributed by atoms with Crippen LogP contribution in [0.15, 0.2) is 48.5 Å². The van der Waals surface area contributed by atoms with E-state index in [9.17, 15) is 4.39 Å². The minimum atomic E-state index is -0.343. The van der Waals surface area contributed by atoms with Crippen LogP contribution in [0.1, 0.15) is 38.7 Å². The second-order valence-electron chi connectivity index (χ2n) is 5.82. The monoisotopic (exact) mass is 315 g/mol. The van der Waals surface area contributed by atoms with Crippen molar-refractivity contribution in [3.8, 4) is 11.5 Å². The highest BCUT2D eigenvalue weighted by Crippen LogP contribution is 2.27. The van der Waals surface area contributed by atoms with Gasteiger partial charge in [0.25, 0.3) is 0 Å². The summed E-state index contributed by atoms with van der Waals surface area (Å²) in [5, 5.41) is 0. The molecule has 1 atom stereocenters. The van der Waals surface area contributed by atoms with E-state index in [1.165, 1.54) is 11.6 Å². The lowest BCUT2D eigenvalue weighted by molar-refractivity contribution is 0.292. The highest BCUT2D eigenvalue weighted by molar-refractivity contribution is 5.34. The molecule has 0 bridgehead atoms. The molecule has 0 saturated heterocycles. The van der Waals surface area contributed by atoms with Crippen LogP contribution in [0.3, 0.4) is 0 Å². The van der Waals surface area contributed by atoms with E-state index in [2.05, 4.69) is 37.8 Å². The maximum atomic E-state index is 13.6. The zero-order valence-corrected chi connectivity index (χ0v) is 14.3. The smallest absolute Gasteiger partial charge is 0.165 e. The molecule has 0 spiro atoms. The van der Waals surface area contributed by atoms with Crippen LogP contribution in [0, 0.1) is 5.82 Å². The minimum Gasteiger partial charge on any atom is -0.454 e. The van der Waals surface area contributed by atoms with Gasteiger partial charge in [-0.15, -0.1) is 0 Å². The van der Waals surface area contributed by atoms with E-state index >= 15 is 0 Å². The zero-order valence-electron chi connectivity index (χ0n) is 14.3. The molecule has 2 aromatic carbocycles. The molecular formula is C20H26FNO. The van der Waals surface area contributed by atoms with E-state index in [4.69, 9.17) is 4.74 Å². The van der Waals surface area contributed by atoms with Crippen molar-refractivity contribution in [2.24, 2.45) is 0 Å². The average molecular weight is 315 g/mol. The summed E-state index contributed by atoms with van der Waals surface area (Å²) in [6, 6.07) is 14.4. The lowest BCUT2D eigenvalue weighted by Gasteiger charge is -2.20. The molecule has 0 saturated carbocycles. The summed E-state index contributed by atoms with van der Waals surface area (Å²) in [4.78, 5) is 2.44. The average Bonchev–Trinajstić information content (AvgIpc) is 2.58. The fourth-order valence-electron chi connectivity index (χ4n) is 2.60. The second-order valence-corrected chi connectivity index (χ2v) is 5.82. The Labute approximate surface area is 138 Å². The first-order chi connectivity index (χ1) is 11.1. The van der Waals surface area contributed by atoms with Crippen LogP contribution in [0.5, 0.6) is 11.5 Å². The Morgan fingerprint density at radius 1 is 1.00 bits per heavy atom. The number of hydrogen-bond donors (Lipinski definition) is 0. The highest BCUT2D eigenvalue weighted by Gasteiger charge is 2.09. The molecule has 2 nitrogen and oxygen atoms in total. The van der Waals surface area contributed by atoms with Crippen LogP contribution < -0.4 is 4.74 Å². The third-order valence-corrected chi connectivity index (χ3v) is 4.29. The fraction of sp³-hybridized carbons (Fsp3) is 0.400. The van der Waals surface area contributed by atoms with Gasteiger partial charge in [-0.05, 0) is 61.8 Å². The maximum Gasteiger partial charge on any atom is 0.165 e. The molecule has 0 amide bonds. The van der Waals surface area contributed by atoms with Gasteiger partial charge in [-0.1, -0.05) is 45.0 Å². The minimum absolute atomic E-state index is 0.259. The molecular weight excluding hydrogens is 289 g/mol. The van der Waals surface area contributed by atoms with Crippen molar-refractivity contribution in [2.45, 2.75) is 33.1 Å². The summed E-state index contributed by atoms with van der Waals surface area (Å²) in [5.41, 5.74) is 1.29. The largest absolute Gasteiger partial charge is 0.454 e. The lowest BCUT2D eigenvalue weighted by Crippen LogP contribution is -2.24. The Morgan fingerprint density at radius 2 is 1.65 bits per heavy atom. The number of ether oxygens (including phenoxy) is 1. The molecule has 2 aromatic rings. The topological polar surface area (TPSA) is 12.5 Å². The highest BCUT2D eigenvalue weighted by atomic mass is 19.1. The normalized spacial score (nSPS) is 12.4. The number of benzene rings is 2. The van der Waals surface area contributed by atoms with Gasteiger partial charge in [0.05, 0.1) is 0 Å². The van der Waals surface area contributed by atoms with Crippen LogP contribution in [0.25, 0.3) is 0 Å². The Morgan fingerprint density at radius 3 is 2.26 bits per heavy atom. The molecule has 2 rings (SSSR count). The summed E-state index contributed by atoms with van der Waals surface area (Å²) in [7, 11) is 0. The predicted molar refractivity (Wildman–Crippen MR) is 93.7 cm³/mol. The van der Waals surface area contributed by atoms with Crippen LogP contribution in [-0.4, -0.2) is 24.5 Å². The van der Waals surface area contributed by atoms with Crippen molar-refractivity contribution in [3.05, 3.63) is 59.9 Å². The van der Waals surface area contributed by atoms with Crippen molar-refractivity contribution < 1.29 is 9.13 Å². The molecule has 0 radical (unpaired) electrons. The number of halogens is 1. The molecule has 0 heterocycles. The predicted octanol–water partition coefficient (Wildman–Crippen LogP) is 5.45. The molecule has 0 aliphatic heterocycles. The molecule has 0 aliphatic carbocycles. The van der Waals surface area contributed by atoms with Crippen molar-refractivity contribution in [2.75, 3.05) is 19.6 Å². The maximum absolute atomic E-state index is 13.6. The number of nitrogens with zero attached hydrogens (tertiary/aromatic N) is 1. The summed E-state index contributed by atoms with van der Waals surface area (Å²) >= 11 is 0. The Hall–Kier alpha value is -1.87. The van der Waals surface area contributed by atoms with E-state index in [0.29, 0.717) is 11.7 Å². The van der Waals surface area contributed by atoms with Gasteiger partial charge in [-0.2, -0.15) is 0 Å². The van der Waals surface area contributed by atoms with Crippen molar-refractivity contribution in [1.29, 1.82) is 0 Å². The SMILES string of the molecule is CCN(CC)CCC(C)c1ccc(Oc2ccccc2F)cc1. The van der Waals surface area contributed by atoms with Gasteiger partial charge < -0.3 is 9.64 Å². The molecule has 0 aliphatic rings. The van der Waals surface area contributed by atoms with E-state index in [0.717, 1.165) is 26.1 Å². The van der Waals surface area contributed by atoms with Gasteiger partial charge in [0, 0.05) is 0 Å². The summed E-state index contributed by atoms with van der Waals surface area (Å²) in [6.07, 6.45) is 1.13. The van der Waals surface area contributed by atoms with E-state index < -0.39 is 0 Å². The molecule has 23 heavy (non-hydrogen) atoms. The van der Waals surface area contributed by atoms with E-state index in [-0.39, 0.29) is 11.6 Å². The number of para-hydroxylation sites is 1. The standard InChI is InChI=1S/C20H26FNO/c1-4-22(5-2)15-14-16(3)17-10-12-18(13-11-17)23-20-9-7-6-8-19(20)21/h6-13,16H,4-5,14-15H2,1-3H3. The second kappa shape index (κ2) is 8.68. The van der Waals surface area contributed by atoms with Crippen molar-refractivity contribution in [3.63, 3.8) is 0 Å². The lowest BCUT2D eigenvalue weighted by atomic mass is 9.97. The summed E-state index contributed by atoms with van der Waals surface area (Å²) in [6.45, 7) is 9.95. The number of rotatable bonds is 8. The quantitative estimate of drug-likeness (QED) is 0.642. The third-order valence-electron chi connectivity index (χ3n) is 4.29. The molecule has 0 N–H and O–H groups in total. The van der Waals surface area contributed by atoms with Gasteiger partial charge in [0.1, 0.15) is 5.75 Å². The molecule has 0 aromatic heterocycles. The van der Waals surface area contributed by atoms with Gasteiger partial charge in [0.15, 0.2) is 11.6 Å². The van der Waals surface area contributed by atoms with Crippen molar-refractivity contribution in [1.82, 2.24) is 4.90 Å². The van der Waals surface area contributed by atoms with Gasteiger partial charge >= 0.3 is 0 Å². The Balaban J connectivity index is 1.95. The first-order valence-corrected chi connectivity index (χ1v) is 8.38. The Kier molecular flexibility index (Phi) is 6.60. The summed E-state index contributed by atoms with van der Waals surface area (Å²) < 4.78 is 19.2. The third kappa shape index (κ3) is 5.07. The molecule has 0 fully saturated rings. The number of hydrogen-bond acceptors (Lipinski definition) is 2. The van der Waals surface area contributed by atoms with Gasteiger partial charge in [-0.25, -0.2) is 4.39 Å². The van der Waals surface area contributed by atoms with Crippen LogP contribution in [0.4, 0.5) is 4.39 Å². The van der Waals surface area contributed by atoms with E-state index in [1.54, 1.807) is 18.2 Å². The fourth-order valence-corrected chi connectivity index (χ4v) is 2.60. The first-order valence-electron chi connectivity index (χ1n) is 8.38. The Bertz CT molecular complexity index is 593. The zero-order chi connectivity index (χ0) is 16.7. The first kappa shape index (κ1) is 17.5. The van der Waals surface area contributed by atoms with E-state index in [1.807, 2.05) is 12.1 Å². The van der Waals surface area contributed by atoms with Crippen molar-refractivity contribution >= 4 is 0 Å².